The predicted molar refractivity (Wildman–Crippen MR) is 138 cm³/mol. The lowest BCUT2D eigenvalue weighted by molar-refractivity contribution is -0.173. The second-order valence-electron chi connectivity index (χ2n) is 8.89. The van der Waals surface area contributed by atoms with Gasteiger partial charge >= 0.3 is 6.18 Å². The fraction of sp³-hybridized carbons (Fsp3) is 0.240. The number of anilines is 2. The molecule has 0 saturated carbocycles. The van der Waals surface area contributed by atoms with Crippen LogP contribution in [0.5, 0.6) is 0 Å². The van der Waals surface area contributed by atoms with Crippen molar-refractivity contribution < 1.29 is 18.0 Å². The van der Waals surface area contributed by atoms with Crippen molar-refractivity contribution in [3.8, 4) is 5.69 Å². The van der Waals surface area contributed by atoms with Crippen molar-refractivity contribution in [3.63, 3.8) is 0 Å². The molecule has 3 heterocycles. The van der Waals surface area contributed by atoms with Gasteiger partial charge < -0.3 is 10.6 Å². The van der Waals surface area contributed by atoms with Crippen molar-refractivity contribution in [2.75, 3.05) is 10.6 Å². The molecule has 4 aromatic rings. The first-order valence-electron chi connectivity index (χ1n) is 11.5. The maximum Gasteiger partial charge on any atom is 0.410 e. The highest BCUT2D eigenvalue weighted by Crippen LogP contribution is 2.46. The minimum absolute atomic E-state index is 0.0391. The molecule has 0 unspecified atom stereocenters. The quantitative estimate of drug-likeness (QED) is 0.323. The molecule has 2 aromatic carbocycles. The molecule has 0 bridgehead atoms. The zero-order valence-electron chi connectivity index (χ0n) is 20.1. The molecule has 198 valence electrons. The highest BCUT2D eigenvalue weighted by atomic mass is 35.5. The fourth-order valence-corrected chi connectivity index (χ4v) is 4.92. The van der Waals surface area contributed by atoms with E-state index < -0.39 is 35.4 Å². The van der Waals surface area contributed by atoms with Crippen LogP contribution in [0.3, 0.4) is 0 Å². The van der Waals surface area contributed by atoms with E-state index in [-0.39, 0.29) is 22.9 Å². The summed E-state index contributed by atoms with van der Waals surface area (Å²) in [7, 11) is 1.65. The summed E-state index contributed by atoms with van der Waals surface area (Å²) in [5.41, 5.74) is 0.584. The molecule has 0 fully saturated rings. The highest BCUT2D eigenvalue weighted by Gasteiger charge is 2.48. The van der Waals surface area contributed by atoms with Crippen LogP contribution in [-0.2, 0) is 7.05 Å². The van der Waals surface area contributed by atoms with Gasteiger partial charge in [0.05, 0.1) is 17.4 Å². The smallest absolute Gasteiger partial charge is 0.362 e. The van der Waals surface area contributed by atoms with Gasteiger partial charge in [0.1, 0.15) is 16.5 Å². The molecule has 2 atom stereocenters. The minimum atomic E-state index is -4.66. The number of alkyl halides is 3. The fourth-order valence-electron chi connectivity index (χ4n) is 4.53. The molecule has 0 spiro atoms. The van der Waals surface area contributed by atoms with Crippen molar-refractivity contribution in [1.82, 2.24) is 19.1 Å². The Hall–Kier alpha value is -3.70. The number of hydrogen-bond acceptors (Lipinski definition) is 4. The molecule has 1 amide bonds. The van der Waals surface area contributed by atoms with E-state index in [9.17, 15) is 22.8 Å². The Labute approximate surface area is 224 Å². The van der Waals surface area contributed by atoms with Gasteiger partial charge in [-0.25, -0.2) is 9.36 Å². The van der Waals surface area contributed by atoms with E-state index in [0.717, 1.165) is 0 Å². The Kier molecular flexibility index (Phi) is 6.52. The highest BCUT2D eigenvalue weighted by molar-refractivity contribution is 6.36. The lowest BCUT2D eigenvalue weighted by Gasteiger charge is -2.33. The van der Waals surface area contributed by atoms with Crippen LogP contribution in [0.2, 0.25) is 10.0 Å². The summed E-state index contributed by atoms with van der Waals surface area (Å²) < 4.78 is 45.8. The number of nitrogens with zero attached hydrogens (tertiary/aromatic N) is 4. The topological polar surface area (TPSA) is 85.9 Å². The maximum atomic E-state index is 14.1. The molecule has 0 saturated heterocycles. The number of rotatable bonds is 4. The van der Waals surface area contributed by atoms with E-state index in [0.29, 0.717) is 26.6 Å². The first kappa shape index (κ1) is 25.9. The van der Waals surface area contributed by atoms with Gasteiger partial charge in [-0.05, 0) is 36.8 Å². The van der Waals surface area contributed by atoms with Crippen molar-refractivity contribution in [1.29, 1.82) is 0 Å². The van der Waals surface area contributed by atoms with Gasteiger partial charge in [-0.3, -0.25) is 14.3 Å². The molecule has 2 N–H and O–H groups in total. The number of hydrogen-bond donors (Lipinski definition) is 2. The van der Waals surface area contributed by atoms with E-state index in [1.807, 2.05) is 0 Å². The van der Waals surface area contributed by atoms with Crippen LogP contribution in [0.1, 0.15) is 40.3 Å². The Morgan fingerprint density at radius 2 is 1.76 bits per heavy atom. The van der Waals surface area contributed by atoms with Crippen molar-refractivity contribution in [3.05, 3.63) is 91.9 Å². The summed E-state index contributed by atoms with van der Waals surface area (Å²) in [5, 5.41) is 9.57. The molecule has 8 nitrogen and oxygen atoms in total. The molecule has 1 aliphatic heterocycles. The van der Waals surface area contributed by atoms with Crippen LogP contribution in [0, 0.1) is 6.92 Å². The number of amides is 1. The zero-order chi connectivity index (χ0) is 27.4. The van der Waals surface area contributed by atoms with E-state index in [1.165, 1.54) is 4.68 Å². The summed E-state index contributed by atoms with van der Waals surface area (Å²) in [5.74, 6) is -1.05. The molecule has 0 aliphatic carbocycles. The molecule has 13 heteroatoms. The second-order valence-corrected chi connectivity index (χ2v) is 9.70. The molecular formula is C25H21Cl2F3N6O2. The van der Waals surface area contributed by atoms with Crippen LogP contribution in [0.4, 0.5) is 24.7 Å². The molecule has 1 aliphatic rings. The second kappa shape index (κ2) is 9.55. The number of para-hydroxylation sites is 1. The third-order valence-electron chi connectivity index (χ3n) is 6.58. The number of carbonyl (C=O) groups is 1. The lowest BCUT2D eigenvalue weighted by atomic mass is 9.97. The molecule has 5 rings (SSSR count). The van der Waals surface area contributed by atoms with Crippen molar-refractivity contribution in [2.45, 2.75) is 31.6 Å². The third kappa shape index (κ3) is 4.45. The Bertz CT molecular complexity index is 1580. The zero-order valence-corrected chi connectivity index (χ0v) is 21.6. The number of carbonyl (C=O) groups excluding carboxylic acids is 1. The van der Waals surface area contributed by atoms with Crippen molar-refractivity contribution >= 4 is 40.6 Å². The first-order chi connectivity index (χ1) is 18.0. The van der Waals surface area contributed by atoms with Crippen molar-refractivity contribution in [2.24, 2.45) is 7.05 Å². The Morgan fingerprint density at radius 3 is 2.39 bits per heavy atom. The monoisotopic (exact) mass is 564 g/mol. The van der Waals surface area contributed by atoms with Gasteiger partial charge in [-0.15, -0.1) is 0 Å². The summed E-state index contributed by atoms with van der Waals surface area (Å²) in [4.78, 5) is 26.4. The summed E-state index contributed by atoms with van der Waals surface area (Å²) in [6.07, 6.45) is -5.04. The van der Waals surface area contributed by atoms with Crippen LogP contribution >= 0.6 is 23.2 Å². The maximum absolute atomic E-state index is 14.1. The summed E-state index contributed by atoms with van der Waals surface area (Å²) in [6.45, 7) is 1.63. The largest absolute Gasteiger partial charge is 0.410 e. The van der Waals surface area contributed by atoms with Crippen LogP contribution in [-0.4, -0.2) is 31.2 Å². The third-order valence-corrected chi connectivity index (χ3v) is 7.19. The average Bonchev–Trinajstić information content (AvgIpc) is 3.32. The molecule has 2 aromatic heterocycles. The summed E-state index contributed by atoms with van der Waals surface area (Å²) >= 11 is 12.4. The number of fused-ring (bicyclic) bond motifs is 1. The van der Waals surface area contributed by atoms with Crippen LogP contribution in [0.15, 0.2) is 59.4 Å². The standard InChI is InChI=1S/C25H21Cl2F3N6O2/c1-13-20(24(38)36(34(13)2)16-6-4-3-5-7-16)32-23(37)21-19(27)22-31-17(14-8-10-15(26)11-9-14)12-18(25(28,29)30)35(22)33-21/h3-11,17-18,31H,12H2,1-2H3,(H,32,37)/t17-,18-/m1/s1. The van der Waals surface area contributed by atoms with Crippen LogP contribution in [0.25, 0.3) is 5.69 Å². The van der Waals surface area contributed by atoms with E-state index >= 15 is 0 Å². The van der Waals surface area contributed by atoms with Gasteiger partial charge in [0.2, 0.25) is 0 Å². The molecule has 38 heavy (non-hydrogen) atoms. The van der Waals surface area contributed by atoms with E-state index in [1.54, 1.807) is 73.3 Å². The van der Waals surface area contributed by atoms with E-state index in [4.69, 9.17) is 23.2 Å². The molecular weight excluding hydrogens is 544 g/mol. The molecule has 0 radical (unpaired) electrons. The number of aromatic nitrogens is 4. The van der Waals surface area contributed by atoms with E-state index in [2.05, 4.69) is 15.7 Å². The van der Waals surface area contributed by atoms with Gasteiger partial charge in [0.15, 0.2) is 11.7 Å². The number of halogens is 5. The number of benzene rings is 2. The SMILES string of the molecule is Cc1c(NC(=O)c2nn3c(c2Cl)N[C@@H](c2ccc(Cl)cc2)C[C@@H]3C(F)(F)F)c(=O)n(-c2ccccc2)n1C. The first-order valence-corrected chi connectivity index (χ1v) is 12.2. The average molecular weight is 565 g/mol. The normalized spacial score (nSPS) is 17.1. The minimum Gasteiger partial charge on any atom is -0.362 e. The van der Waals surface area contributed by atoms with Crippen LogP contribution < -0.4 is 16.2 Å². The summed E-state index contributed by atoms with van der Waals surface area (Å²) in [6, 6.07) is 12.4. The van der Waals surface area contributed by atoms with Gasteiger partial charge in [-0.2, -0.15) is 18.3 Å². The Morgan fingerprint density at radius 1 is 1.11 bits per heavy atom. The predicted octanol–water partition coefficient (Wildman–Crippen LogP) is 5.90. The number of nitrogens with one attached hydrogen (secondary N) is 2. The Balaban J connectivity index is 1.51. The van der Waals surface area contributed by atoms with Gasteiger partial charge in [-0.1, -0.05) is 53.5 Å². The van der Waals surface area contributed by atoms with Gasteiger partial charge in [0.25, 0.3) is 11.5 Å². The lowest BCUT2D eigenvalue weighted by Crippen LogP contribution is -2.35. The van der Waals surface area contributed by atoms with Gasteiger partial charge in [0, 0.05) is 18.5 Å².